The lowest BCUT2D eigenvalue weighted by atomic mass is 9.87. The van der Waals surface area contributed by atoms with Crippen LogP contribution in [0.2, 0.25) is 0 Å². The van der Waals surface area contributed by atoms with Gasteiger partial charge in [-0.2, -0.15) is 0 Å². The van der Waals surface area contributed by atoms with Crippen molar-refractivity contribution in [3.05, 3.63) is 59.9 Å². The Morgan fingerprint density at radius 1 is 1.03 bits per heavy atom. The monoisotopic (exact) mass is 423 g/mol. The minimum absolute atomic E-state index is 0.00576. The number of benzene rings is 1. The Hall–Kier alpha value is -3.00. The molecule has 30 heavy (non-hydrogen) atoms. The predicted octanol–water partition coefficient (Wildman–Crippen LogP) is 3.71. The number of thioether (sulfide) groups is 1. The molecular weight excluding hydrogens is 398 g/mol. The summed E-state index contributed by atoms with van der Waals surface area (Å²) in [6, 6.07) is 11.0. The summed E-state index contributed by atoms with van der Waals surface area (Å²) in [4.78, 5) is 28.7. The fourth-order valence-corrected chi connectivity index (χ4v) is 3.68. The molecule has 8 heteroatoms. The van der Waals surface area contributed by atoms with Crippen LogP contribution in [0.25, 0.3) is 11.4 Å². The number of imide groups is 1. The molecule has 0 spiro atoms. The zero-order chi connectivity index (χ0) is 21.7. The molecule has 3 aromatic rings. The van der Waals surface area contributed by atoms with E-state index in [4.69, 9.17) is 0 Å². The van der Waals surface area contributed by atoms with Gasteiger partial charge in [-0.05, 0) is 42.2 Å². The molecule has 0 aliphatic carbocycles. The van der Waals surface area contributed by atoms with Crippen molar-refractivity contribution in [3.63, 3.8) is 0 Å². The zero-order valence-corrected chi connectivity index (χ0v) is 18.4. The molecule has 1 aromatic carbocycles. The quantitative estimate of drug-likeness (QED) is 0.608. The van der Waals surface area contributed by atoms with Crippen LogP contribution in [0.3, 0.4) is 0 Å². The topological polar surface area (TPSA) is 89.8 Å². The number of aromatic nitrogens is 4. The summed E-state index contributed by atoms with van der Waals surface area (Å²) in [5.74, 6) is 0.00893. The maximum Gasteiger partial charge on any atom is 0.257 e. The van der Waals surface area contributed by atoms with Gasteiger partial charge in [0.05, 0.1) is 5.75 Å². The molecule has 3 rings (SSSR count). The Bertz CT molecular complexity index is 1020. The average molecular weight is 424 g/mol. The van der Waals surface area contributed by atoms with E-state index in [9.17, 15) is 9.59 Å². The maximum atomic E-state index is 12.4. The van der Waals surface area contributed by atoms with Crippen LogP contribution in [-0.2, 0) is 16.8 Å². The van der Waals surface area contributed by atoms with Crippen LogP contribution >= 0.6 is 11.8 Å². The number of nitrogens with one attached hydrogen (secondary N) is 1. The molecule has 1 N–H and O–H groups in total. The molecule has 0 radical (unpaired) electrons. The Morgan fingerprint density at radius 3 is 2.30 bits per heavy atom. The van der Waals surface area contributed by atoms with Gasteiger partial charge in [-0.15, -0.1) is 10.2 Å². The largest absolute Gasteiger partial charge is 0.302 e. The molecule has 0 saturated carbocycles. The van der Waals surface area contributed by atoms with Gasteiger partial charge in [0.25, 0.3) is 5.91 Å². The summed E-state index contributed by atoms with van der Waals surface area (Å²) in [6.07, 6.45) is 3.40. The Kier molecular flexibility index (Phi) is 6.66. The van der Waals surface area contributed by atoms with Crippen molar-refractivity contribution >= 4 is 23.6 Å². The molecule has 156 valence electrons. The molecule has 0 bridgehead atoms. The van der Waals surface area contributed by atoms with Crippen LogP contribution in [0.15, 0.2) is 53.9 Å². The maximum absolute atomic E-state index is 12.4. The van der Waals surface area contributed by atoms with Crippen molar-refractivity contribution in [1.29, 1.82) is 0 Å². The molecular formula is C22H25N5O2S. The lowest BCUT2D eigenvalue weighted by Crippen LogP contribution is -2.32. The van der Waals surface area contributed by atoms with E-state index in [-0.39, 0.29) is 17.1 Å². The number of pyridine rings is 1. The SMILES string of the molecule is CCn1c(SCC(=O)NC(=O)c2ccc(C(C)(C)C)cc2)nnc1-c1ccncc1. The Balaban J connectivity index is 1.61. The highest BCUT2D eigenvalue weighted by molar-refractivity contribution is 7.99. The standard InChI is InChI=1S/C22H25N5O2S/c1-5-27-19(15-10-12-23-13-11-15)25-26-21(27)30-14-18(28)24-20(29)16-6-8-17(9-7-16)22(2,3)4/h6-13H,5,14H2,1-4H3,(H,24,28,29). The van der Waals surface area contributed by atoms with Crippen molar-refractivity contribution < 1.29 is 9.59 Å². The third-order valence-corrected chi connectivity index (χ3v) is 5.54. The smallest absolute Gasteiger partial charge is 0.257 e. The van der Waals surface area contributed by atoms with E-state index < -0.39 is 5.91 Å². The van der Waals surface area contributed by atoms with Gasteiger partial charge in [0.15, 0.2) is 11.0 Å². The lowest BCUT2D eigenvalue weighted by Gasteiger charge is -2.18. The molecule has 0 aliphatic rings. The van der Waals surface area contributed by atoms with E-state index in [2.05, 4.69) is 41.3 Å². The van der Waals surface area contributed by atoms with Gasteiger partial charge in [-0.3, -0.25) is 19.9 Å². The predicted molar refractivity (Wildman–Crippen MR) is 117 cm³/mol. The highest BCUT2D eigenvalue weighted by atomic mass is 32.2. The van der Waals surface area contributed by atoms with Crippen LogP contribution in [0.4, 0.5) is 0 Å². The number of carbonyl (C=O) groups excluding carboxylic acids is 2. The van der Waals surface area contributed by atoms with Crippen molar-refractivity contribution in [2.75, 3.05) is 5.75 Å². The fourth-order valence-electron chi connectivity index (χ4n) is 2.88. The van der Waals surface area contributed by atoms with Gasteiger partial charge >= 0.3 is 0 Å². The van der Waals surface area contributed by atoms with Gasteiger partial charge in [0.2, 0.25) is 5.91 Å². The van der Waals surface area contributed by atoms with Crippen molar-refractivity contribution in [2.45, 2.75) is 44.8 Å². The van der Waals surface area contributed by atoms with Gasteiger partial charge in [0.1, 0.15) is 0 Å². The second-order valence-corrected chi connectivity index (χ2v) is 8.72. The summed E-state index contributed by atoms with van der Waals surface area (Å²) in [5, 5.41) is 11.5. The van der Waals surface area contributed by atoms with Crippen molar-refractivity contribution in [3.8, 4) is 11.4 Å². The van der Waals surface area contributed by atoms with Gasteiger partial charge < -0.3 is 4.57 Å². The van der Waals surface area contributed by atoms with E-state index in [0.29, 0.717) is 17.3 Å². The summed E-state index contributed by atoms with van der Waals surface area (Å²) in [7, 11) is 0. The zero-order valence-electron chi connectivity index (χ0n) is 17.5. The number of amides is 2. The highest BCUT2D eigenvalue weighted by Gasteiger charge is 2.17. The lowest BCUT2D eigenvalue weighted by molar-refractivity contribution is -0.117. The van der Waals surface area contributed by atoms with E-state index in [0.717, 1.165) is 17.0 Å². The van der Waals surface area contributed by atoms with Crippen LogP contribution < -0.4 is 5.32 Å². The summed E-state index contributed by atoms with van der Waals surface area (Å²) in [6.45, 7) is 8.98. The molecule has 0 unspecified atom stereocenters. The fraction of sp³-hybridized carbons (Fsp3) is 0.318. The Labute approximate surface area is 180 Å². The number of nitrogens with zero attached hydrogens (tertiary/aromatic N) is 4. The number of hydrogen-bond donors (Lipinski definition) is 1. The van der Waals surface area contributed by atoms with Crippen molar-refractivity contribution in [1.82, 2.24) is 25.1 Å². The first-order valence-electron chi connectivity index (χ1n) is 9.70. The second-order valence-electron chi connectivity index (χ2n) is 7.78. The summed E-state index contributed by atoms with van der Waals surface area (Å²) >= 11 is 1.25. The third-order valence-electron chi connectivity index (χ3n) is 4.57. The highest BCUT2D eigenvalue weighted by Crippen LogP contribution is 2.24. The Morgan fingerprint density at radius 2 is 1.70 bits per heavy atom. The normalized spacial score (nSPS) is 11.3. The molecule has 2 heterocycles. The molecule has 0 saturated heterocycles. The molecule has 2 aromatic heterocycles. The number of rotatable bonds is 6. The van der Waals surface area contributed by atoms with Crippen LogP contribution in [0.1, 0.15) is 43.6 Å². The van der Waals surface area contributed by atoms with E-state index in [1.165, 1.54) is 11.8 Å². The number of carbonyl (C=O) groups is 2. The average Bonchev–Trinajstić information content (AvgIpc) is 3.15. The molecule has 2 amide bonds. The van der Waals surface area contributed by atoms with Crippen LogP contribution in [-0.4, -0.2) is 37.3 Å². The molecule has 0 atom stereocenters. The third kappa shape index (κ3) is 5.13. The first-order chi connectivity index (χ1) is 14.3. The van der Waals surface area contributed by atoms with E-state index in [1.54, 1.807) is 24.5 Å². The van der Waals surface area contributed by atoms with Gasteiger partial charge in [-0.25, -0.2) is 0 Å². The minimum atomic E-state index is -0.407. The molecule has 0 fully saturated rings. The first-order valence-corrected chi connectivity index (χ1v) is 10.7. The van der Waals surface area contributed by atoms with Gasteiger partial charge in [-0.1, -0.05) is 44.7 Å². The van der Waals surface area contributed by atoms with Crippen molar-refractivity contribution in [2.24, 2.45) is 0 Å². The first kappa shape index (κ1) is 21.7. The van der Waals surface area contributed by atoms with Crippen LogP contribution in [0.5, 0.6) is 0 Å². The summed E-state index contributed by atoms with van der Waals surface area (Å²) < 4.78 is 1.93. The van der Waals surface area contributed by atoms with Crippen LogP contribution in [0, 0.1) is 0 Å². The van der Waals surface area contributed by atoms with Gasteiger partial charge in [0, 0.05) is 30.1 Å². The minimum Gasteiger partial charge on any atom is -0.302 e. The summed E-state index contributed by atoms with van der Waals surface area (Å²) in [5.41, 5.74) is 2.50. The molecule has 7 nitrogen and oxygen atoms in total. The molecule has 0 aliphatic heterocycles. The van der Waals surface area contributed by atoms with E-state index >= 15 is 0 Å². The second kappa shape index (κ2) is 9.21. The number of hydrogen-bond acceptors (Lipinski definition) is 6. The van der Waals surface area contributed by atoms with E-state index in [1.807, 2.05) is 35.8 Å².